The molecule has 0 fully saturated rings. The summed E-state index contributed by atoms with van der Waals surface area (Å²) in [4.78, 5) is 4.20. The lowest BCUT2D eigenvalue weighted by atomic mass is 10.1. The van der Waals surface area contributed by atoms with Crippen LogP contribution < -0.4 is 10.5 Å². The van der Waals surface area contributed by atoms with Crippen LogP contribution in [-0.2, 0) is 6.61 Å². The summed E-state index contributed by atoms with van der Waals surface area (Å²) in [5.74, 6) is -0.183. The van der Waals surface area contributed by atoms with Gasteiger partial charge in [-0.3, -0.25) is 4.98 Å². The van der Waals surface area contributed by atoms with Gasteiger partial charge in [-0.2, -0.15) is 0 Å². The lowest BCUT2D eigenvalue weighted by Gasteiger charge is -2.11. The van der Waals surface area contributed by atoms with E-state index in [1.54, 1.807) is 18.3 Å². The molecule has 1 aromatic carbocycles. The Bertz CT molecular complexity index is 570. The summed E-state index contributed by atoms with van der Waals surface area (Å²) in [7, 11) is 0. The average molecular weight is 260 g/mol. The number of nitrogens with two attached hydrogens (primary N) is 1. The molecular formula is C15H17FN2O. The van der Waals surface area contributed by atoms with E-state index in [9.17, 15) is 4.39 Å². The average Bonchev–Trinajstić information content (AvgIpc) is 2.39. The molecule has 0 bridgehead atoms. The lowest BCUT2D eigenvalue weighted by molar-refractivity contribution is 0.285. The van der Waals surface area contributed by atoms with Crippen molar-refractivity contribution in [2.24, 2.45) is 5.73 Å². The molecule has 4 heteroatoms. The fraction of sp³-hybridized carbons (Fsp3) is 0.267. The highest BCUT2D eigenvalue weighted by molar-refractivity contribution is 5.31. The number of pyridine rings is 1. The lowest BCUT2D eigenvalue weighted by Crippen LogP contribution is -2.06. The molecule has 0 aliphatic heterocycles. The van der Waals surface area contributed by atoms with E-state index in [0.717, 1.165) is 16.8 Å². The van der Waals surface area contributed by atoms with Gasteiger partial charge in [-0.25, -0.2) is 4.39 Å². The summed E-state index contributed by atoms with van der Waals surface area (Å²) in [6.45, 7) is 4.01. The molecule has 0 saturated heterocycles. The van der Waals surface area contributed by atoms with Crippen LogP contribution >= 0.6 is 0 Å². The molecule has 0 aliphatic carbocycles. The summed E-state index contributed by atoms with van der Waals surface area (Å²) in [5.41, 5.74) is 8.28. The summed E-state index contributed by atoms with van der Waals surface area (Å²) in [5, 5.41) is 0. The number of aryl methyl sites for hydroxylation is 1. The van der Waals surface area contributed by atoms with Crippen molar-refractivity contribution in [2.45, 2.75) is 26.5 Å². The predicted molar refractivity (Wildman–Crippen MR) is 72.3 cm³/mol. The van der Waals surface area contributed by atoms with Crippen LogP contribution in [0.15, 0.2) is 36.5 Å². The van der Waals surface area contributed by atoms with Gasteiger partial charge in [0.05, 0.1) is 5.69 Å². The van der Waals surface area contributed by atoms with Crippen molar-refractivity contribution in [3.63, 3.8) is 0 Å². The first-order valence-corrected chi connectivity index (χ1v) is 6.16. The van der Waals surface area contributed by atoms with E-state index in [1.165, 1.54) is 6.07 Å². The van der Waals surface area contributed by atoms with Crippen molar-refractivity contribution in [1.29, 1.82) is 0 Å². The van der Waals surface area contributed by atoms with Crippen molar-refractivity contribution in [3.8, 4) is 5.75 Å². The van der Waals surface area contributed by atoms with Gasteiger partial charge < -0.3 is 10.5 Å². The first-order chi connectivity index (χ1) is 9.08. The molecule has 1 heterocycles. The number of rotatable bonds is 4. The molecular weight excluding hydrogens is 243 g/mol. The van der Waals surface area contributed by atoms with E-state index >= 15 is 0 Å². The maximum absolute atomic E-state index is 13.8. The first kappa shape index (κ1) is 13.5. The molecule has 2 N–H and O–H groups in total. The second-order valence-electron chi connectivity index (χ2n) is 4.53. The Morgan fingerprint density at radius 1 is 1.37 bits per heavy atom. The molecule has 0 aliphatic rings. The smallest absolute Gasteiger partial charge is 0.165 e. The minimum atomic E-state index is -0.400. The van der Waals surface area contributed by atoms with Gasteiger partial charge in [0.1, 0.15) is 6.61 Å². The molecule has 0 amide bonds. The van der Waals surface area contributed by atoms with Gasteiger partial charge in [-0.15, -0.1) is 0 Å². The standard InChI is InChI=1S/C15H17FN2O/c1-10-4-3-7-18-14(10)9-19-15-6-5-12(11(2)17)8-13(15)16/h3-8,11H,9,17H2,1-2H3. The SMILES string of the molecule is Cc1cccnc1COc1ccc(C(C)N)cc1F. The molecule has 0 radical (unpaired) electrons. The summed E-state index contributed by atoms with van der Waals surface area (Å²) in [6, 6.07) is 8.39. The Morgan fingerprint density at radius 3 is 2.79 bits per heavy atom. The van der Waals surface area contributed by atoms with Crippen LogP contribution in [0.2, 0.25) is 0 Å². The van der Waals surface area contributed by atoms with E-state index in [4.69, 9.17) is 10.5 Å². The van der Waals surface area contributed by atoms with Gasteiger partial charge in [0.15, 0.2) is 11.6 Å². The van der Waals surface area contributed by atoms with E-state index in [1.807, 2.05) is 26.0 Å². The van der Waals surface area contributed by atoms with Crippen molar-refractivity contribution >= 4 is 0 Å². The van der Waals surface area contributed by atoms with E-state index in [-0.39, 0.29) is 18.4 Å². The largest absolute Gasteiger partial charge is 0.484 e. The maximum Gasteiger partial charge on any atom is 0.165 e. The van der Waals surface area contributed by atoms with E-state index in [0.29, 0.717) is 0 Å². The van der Waals surface area contributed by atoms with Crippen LogP contribution in [0.25, 0.3) is 0 Å². The molecule has 1 unspecified atom stereocenters. The maximum atomic E-state index is 13.8. The molecule has 1 aromatic heterocycles. The number of hydrogen-bond acceptors (Lipinski definition) is 3. The zero-order valence-electron chi connectivity index (χ0n) is 11.1. The van der Waals surface area contributed by atoms with Crippen LogP contribution in [0, 0.1) is 12.7 Å². The third-order valence-electron chi connectivity index (χ3n) is 2.96. The Kier molecular flexibility index (Phi) is 4.12. The highest BCUT2D eigenvalue weighted by Gasteiger charge is 2.08. The fourth-order valence-corrected chi connectivity index (χ4v) is 1.73. The first-order valence-electron chi connectivity index (χ1n) is 6.16. The molecule has 100 valence electrons. The van der Waals surface area contributed by atoms with Crippen molar-refractivity contribution in [2.75, 3.05) is 0 Å². The zero-order valence-corrected chi connectivity index (χ0v) is 11.1. The third kappa shape index (κ3) is 3.29. The topological polar surface area (TPSA) is 48.1 Å². The third-order valence-corrected chi connectivity index (χ3v) is 2.96. The van der Waals surface area contributed by atoms with Crippen LogP contribution in [0.4, 0.5) is 4.39 Å². The minimum Gasteiger partial charge on any atom is -0.484 e. The Hall–Kier alpha value is -1.94. The van der Waals surface area contributed by atoms with Crippen LogP contribution in [-0.4, -0.2) is 4.98 Å². The number of hydrogen-bond donors (Lipinski definition) is 1. The van der Waals surface area contributed by atoms with Crippen molar-refractivity contribution in [3.05, 3.63) is 59.2 Å². The van der Waals surface area contributed by atoms with Crippen molar-refractivity contribution in [1.82, 2.24) is 4.98 Å². The number of ether oxygens (including phenoxy) is 1. The van der Waals surface area contributed by atoms with Gasteiger partial charge in [0.2, 0.25) is 0 Å². The van der Waals surface area contributed by atoms with Gasteiger partial charge >= 0.3 is 0 Å². The van der Waals surface area contributed by atoms with Crippen LogP contribution in [0.1, 0.15) is 29.8 Å². The summed E-state index contributed by atoms with van der Waals surface area (Å²) < 4.78 is 19.3. The molecule has 2 aromatic rings. The van der Waals surface area contributed by atoms with Crippen LogP contribution in [0.3, 0.4) is 0 Å². The Morgan fingerprint density at radius 2 is 2.16 bits per heavy atom. The summed E-state index contributed by atoms with van der Waals surface area (Å²) in [6.07, 6.45) is 1.70. The highest BCUT2D eigenvalue weighted by Crippen LogP contribution is 2.22. The zero-order chi connectivity index (χ0) is 13.8. The fourth-order valence-electron chi connectivity index (χ4n) is 1.73. The van der Waals surface area contributed by atoms with Gasteiger partial charge in [-0.1, -0.05) is 12.1 Å². The second kappa shape index (κ2) is 5.80. The Labute approximate surface area is 112 Å². The Balaban J connectivity index is 2.10. The normalized spacial score (nSPS) is 12.2. The van der Waals surface area contributed by atoms with Crippen LogP contribution in [0.5, 0.6) is 5.75 Å². The van der Waals surface area contributed by atoms with Gasteiger partial charge in [0.25, 0.3) is 0 Å². The summed E-state index contributed by atoms with van der Waals surface area (Å²) >= 11 is 0. The number of halogens is 1. The molecule has 19 heavy (non-hydrogen) atoms. The number of aromatic nitrogens is 1. The van der Waals surface area contributed by atoms with Gasteiger partial charge in [0, 0.05) is 12.2 Å². The monoisotopic (exact) mass is 260 g/mol. The highest BCUT2D eigenvalue weighted by atomic mass is 19.1. The molecule has 2 rings (SSSR count). The minimum absolute atomic E-state index is 0.193. The molecule has 3 nitrogen and oxygen atoms in total. The predicted octanol–water partition coefficient (Wildman–Crippen LogP) is 3.13. The molecule has 0 saturated carbocycles. The van der Waals surface area contributed by atoms with Gasteiger partial charge in [-0.05, 0) is 43.2 Å². The quantitative estimate of drug-likeness (QED) is 0.918. The number of nitrogens with zero attached hydrogens (tertiary/aromatic N) is 1. The molecule has 1 atom stereocenters. The van der Waals surface area contributed by atoms with E-state index < -0.39 is 5.82 Å². The second-order valence-corrected chi connectivity index (χ2v) is 4.53. The van der Waals surface area contributed by atoms with E-state index in [2.05, 4.69) is 4.98 Å². The number of benzene rings is 1. The molecule has 0 spiro atoms. The van der Waals surface area contributed by atoms with Crippen molar-refractivity contribution < 1.29 is 9.13 Å².